The van der Waals surface area contributed by atoms with Crippen LogP contribution in [0.5, 0.6) is 17.2 Å². The van der Waals surface area contributed by atoms with Crippen LogP contribution in [0.25, 0.3) is 0 Å². The summed E-state index contributed by atoms with van der Waals surface area (Å²) in [6.07, 6.45) is 14.6. The van der Waals surface area contributed by atoms with Crippen molar-refractivity contribution in [3.05, 3.63) is 18.2 Å². The first-order valence-electron chi connectivity index (χ1n) is 14.1. The van der Waals surface area contributed by atoms with Gasteiger partial charge in [0.1, 0.15) is 0 Å². The zero-order valence-corrected chi connectivity index (χ0v) is 22.8. The molecule has 3 atom stereocenters. The number of unbranched alkanes of at least 4 members (excludes halogenated alkanes) is 3. The first-order chi connectivity index (χ1) is 16.1. The number of para-hydroxylation sites is 1. The lowest BCUT2D eigenvalue weighted by molar-refractivity contribution is 0.180. The molecule has 3 nitrogen and oxygen atoms in total. The molecule has 0 aliphatic rings. The minimum absolute atomic E-state index is 0.576. The Hall–Kier alpha value is -1.38. The van der Waals surface area contributed by atoms with Gasteiger partial charge >= 0.3 is 0 Å². The zero-order chi connectivity index (χ0) is 24.3. The quantitative estimate of drug-likeness (QED) is 0.182. The SMILES string of the molecule is CCCCC(CC)COc1cccc(OCC(CC)CCCC)c1OCC(CC)CCCC. The van der Waals surface area contributed by atoms with Gasteiger partial charge in [-0.3, -0.25) is 0 Å². The summed E-state index contributed by atoms with van der Waals surface area (Å²) in [6.45, 7) is 15.8. The average Bonchev–Trinajstić information content (AvgIpc) is 2.85. The van der Waals surface area contributed by atoms with Gasteiger partial charge in [-0.15, -0.1) is 0 Å². The van der Waals surface area contributed by atoms with Gasteiger partial charge in [-0.25, -0.2) is 0 Å². The lowest BCUT2D eigenvalue weighted by Gasteiger charge is -2.23. The Morgan fingerprint density at radius 1 is 0.545 bits per heavy atom. The van der Waals surface area contributed by atoms with Crippen molar-refractivity contribution < 1.29 is 14.2 Å². The molecule has 1 rings (SSSR count). The van der Waals surface area contributed by atoms with Crippen LogP contribution >= 0.6 is 0 Å². The predicted octanol–water partition coefficient (Wildman–Crippen LogP) is 9.47. The molecule has 0 amide bonds. The molecule has 0 spiro atoms. The highest BCUT2D eigenvalue weighted by atomic mass is 16.5. The molecule has 0 radical (unpaired) electrons. The predicted molar refractivity (Wildman–Crippen MR) is 143 cm³/mol. The van der Waals surface area contributed by atoms with Crippen LogP contribution in [0.4, 0.5) is 0 Å². The van der Waals surface area contributed by atoms with Gasteiger partial charge in [0.2, 0.25) is 5.75 Å². The maximum atomic E-state index is 6.46. The second kappa shape index (κ2) is 19.0. The van der Waals surface area contributed by atoms with Gasteiger partial charge in [-0.2, -0.15) is 0 Å². The smallest absolute Gasteiger partial charge is 0.203 e. The fourth-order valence-electron chi connectivity index (χ4n) is 4.18. The number of rotatable bonds is 21. The van der Waals surface area contributed by atoms with E-state index in [1.54, 1.807) is 0 Å². The molecule has 0 aliphatic carbocycles. The number of hydrogen-bond donors (Lipinski definition) is 0. The van der Waals surface area contributed by atoms with Crippen LogP contribution < -0.4 is 14.2 Å². The molecular formula is C30H54O3. The summed E-state index contributed by atoms with van der Waals surface area (Å²) in [5.41, 5.74) is 0. The van der Waals surface area contributed by atoms with E-state index in [0.29, 0.717) is 17.8 Å². The molecule has 3 unspecified atom stereocenters. The lowest BCUT2D eigenvalue weighted by atomic mass is 10.0. The minimum atomic E-state index is 0.576. The highest BCUT2D eigenvalue weighted by molar-refractivity contribution is 5.51. The second-order valence-corrected chi connectivity index (χ2v) is 9.77. The van der Waals surface area contributed by atoms with E-state index >= 15 is 0 Å². The van der Waals surface area contributed by atoms with Gasteiger partial charge < -0.3 is 14.2 Å². The first-order valence-corrected chi connectivity index (χ1v) is 14.1. The van der Waals surface area contributed by atoms with E-state index in [2.05, 4.69) is 53.7 Å². The maximum Gasteiger partial charge on any atom is 0.203 e. The van der Waals surface area contributed by atoms with Crippen molar-refractivity contribution >= 4 is 0 Å². The molecule has 192 valence electrons. The Kier molecular flexibility index (Phi) is 17.1. The molecule has 0 saturated carbocycles. The van der Waals surface area contributed by atoms with Crippen LogP contribution in [0.1, 0.15) is 119 Å². The van der Waals surface area contributed by atoms with E-state index in [0.717, 1.165) is 56.3 Å². The third-order valence-electron chi connectivity index (χ3n) is 6.99. The standard InChI is InChI=1S/C30H54O3/c1-7-13-17-25(10-4)22-31-28-20-16-21-29(32-23-26(11-5)18-14-8-2)30(28)33-24-27(12-6)19-15-9-3/h16,20-21,25-27H,7-15,17-19,22-24H2,1-6H3. The van der Waals surface area contributed by atoms with Crippen LogP contribution in [0.2, 0.25) is 0 Å². The van der Waals surface area contributed by atoms with E-state index in [-0.39, 0.29) is 0 Å². The van der Waals surface area contributed by atoms with Gasteiger partial charge in [-0.05, 0) is 49.1 Å². The minimum Gasteiger partial charge on any atom is -0.489 e. The molecule has 0 aliphatic heterocycles. The van der Waals surface area contributed by atoms with Gasteiger partial charge in [0.05, 0.1) is 19.8 Å². The summed E-state index contributed by atoms with van der Waals surface area (Å²) in [6, 6.07) is 6.15. The largest absolute Gasteiger partial charge is 0.489 e. The Morgan fingerprint density at radius 2 is 0.909 bits per heavy atom. The van der Waals surface area contributed by atoms with E-state index in [4.69, 9.17) is 14.2 Å². The van der Waals surface area contributed by atoms with E-state index in [9.17, 15) is 0 Å². The van der Waals surface area contributed by atoms with Crippen molar-refractivity contribution in [2.24, 2.45) is 17.8 Å². The molecule has 0 bridgehead atoms. The molecular weight excluding hydrogens is 408 g/mol. The third kappa shape index (κ3) is 12.1. The van der Waals surface area contributed by atoms with Gasteiger partial charge in [-0.1, -0.05) is 105 Å². The second-order valence-electron chi connectivity index (χ2n) is 9.77. The summed E-state index contributed by atoms with van der Waals surface area (Å²) in [4.78, 5) is 0. The van der Waals surface area contributed by atoms with E-state index in [1.165, 1.54) is 57.8 Å². The number of benzene rings is 1. The highest BCUT2D eigenvalue weighted by Crippen LogP contribution is 2.39. The molecule has 3 heteroatoms. The average molecular weight is 463 g/mol. The zero-order valence-electron chi connectivity index (χ0n) is 22.8. The summed E-state index contributed by atoms with van der Waals surface area (Å²) >= 11 is 0. The van der Waals surface area contributed by atoms with E-state index < -0.39 is 0 Å². The molecule has 0 aromatic heterocycles. The summed E-state index contributed by atoms with van der Waals surface area (Å²) < 4.78 is 19.2. The molecule has 33 heavy (non-hydrogen) atoms. The van der Waals surface area contributed by atoms with E-state index in [1.807, 2.05) is 6.07 Å². The van der Waals surface area contributed by atoms with Crippen LogP contribution in [-0.2, 0) is 0 Å². The molecule has 0 N–H and O–H groups in total. The monoisotopic (exact) mass is 462 g/mol. The highest BCUT2D eigenvalue weighted by Gasteiger charge is 2.18. The van der Waals surface area contributed by atoms with Crippen molar-refractivity contribution in [3.63, 3.8) is 0 Å². The summed E-state index contributed by atoms with van der Waals surface area (Å²) in [5.74, 6) is 4.25. The Labute approximate surface area is 206 Å². The normalized spacial score (nSPS) is 14.0. The number of hydrogen-bond acceptors (Lipinski definition) is 3. The topological polar surface area (TPSA) is 27.7 Å². The van der Waals surface area contributed by atoms with Gasteiger partial charge in [0.25, 0.3) is 0 Å². The van der Waals surface area contributed by atoms with Crippen molar-refractivity contribution in [1.29, 1.82) is 0 Å². The Morgan fingerprint density at radius 3 is 1.24 bits per heavy atom. The van der Waals surface area contributed by atoms with Crippen molar-refractivity contribution in [1.82, 2.24) is 0 Å². The molecule has 1 aromatic rings. The molecule has 0 heterocycles. The number of ether oxygens (including phenoxy) is 3. The Bertz CT molecular complexity index is 548. The van der Waals surface area contributed by atoms with Gasteiger partial charge in [0.15, 0.2) is 11.5 Å². The summed E-state index contributed by atoms with van der Waals surface area (Å²) in [7, 11) is 0. The fraction of sp³-hybridized carbons (Fsp3) is 0.800. The first kappa shape index (κ1) is 29.7. The molecule has 0 fully saturated rings. The Balaban J connectivity index is 2.96. The lowest BCUT2D eigenvalue weighted by Crippen LogP contribution is -2.16. The fourth-order valence-corrected chi connectivity index (χ4v) is 4.18. The van der Waals surface area contributed by atoms with Gasteiger partial charge in [0, 0.05) is 0 Å². The van der Waals surface area contributed by atoms with Crippen molar-refractivity contribution in [2.45, 2.75) is 119 Å². The van der Waals surface area contributed by atoms with Crippen molar-refractivity contribution in [3.8, 4) is 17.2 Å². The third-order valence-corrected chi connectivity index (χ3v) is 6.99. The van der Waals surface area contributed by atoms with Crippen LogP contribution in [0.3, 0.4) is 0 Å². The molecule has 0 saturated heterocycles. The van der Waals surface area contributed by atoms with Crippen molar-refractivity contribution in [2.75, 3.05) is 19.8 Å². The van der Waals surface area contributed by atoms with Crippen LogP contribution in [0, 0.1) is 17.8 Å². The van der Waals surface area contributed by atoms with Crippen LogP contribution in [0.15, 0.2) is 18.2 Å². The molecule has 1 aromatic carbocycles. The van der Waals surface area contributed by atoms with Crippen LogP contribution in [-0.4, -0.2) is 19.8 Å². The maximum absolute atomic E-state index is 6.46. The summed E-state index contributed by atoms with van der Waals surface area (Å²) in [5, 5.41) is 0.